The molecule has 1 aromatic carbocycles. The first-order valence-corrected chi connectivity index (χ1v) is 14.2. The molecule has 2 heterocycles. The van der Waals surface area contributed by atoms with Gasteiger partial charge in [0.15, 0.2) is 5.69 Å². The Hall–Kier alpha value is -3.56. The van der Waals surface area contributed by atoms with E-state index in [0.29, 0.717) is 44.0 Å². The van der Waals surface area contributed by atoms with Crippen LogP contribution in [-0.2, 0) is 16.0 Å². The van der Waals surface area contributed by atoms with Crippen molar-refractivity contribution in [2.24, 2.45) is 5.92 Å². The van der Waals surface area contributed by atoms with Crippen molar-refractivity contribution in [3.8, 4) is 5.75 Å². The number of hydrogen-bond donors (Lipinski definition) is 3. The summed E-state index contributed by atoms with van der Waals surface area (Å²) in [7, 11) is 0. The number of carbonyl (C=O) groups is 3. The zero-order valence-electron chi connectivity index (χ0n) is 24.2. The highest BCUT2D eigenvalue weighted by molar-refractivity contribution is 5.92. The maximum Gasteiger partial charge on any atom is 0.407 e. The zero-order chi connectivity index (χ0) is 29.0. The third-order valence-electron chi connectivity index (χ3n) is 7.32. The van der Waals surface area contributed by atoms with Gasteiger partial charge in [-0.05, 0) is 76.0 Å². The topological polar surface area (TPSA) is 134 Å². The minimum Gasteiger partial charge on any atom is -0.508 e. The normalized spacial score (nSPS) is 17.0. The highest BCUT2D eigenvalue weighted by Gasteiger charge is 2.32. The van der Waals surface area contributed by atoms with Gasteiger partial charge in [0.1, 0.15) is 17.1 Å². The minimum absolute atomic E-state index is 0.0643. The van der Waals surface area contributed by atoms with E-state index in [0.717, 1.165) is 29.7 Å². The van der Waals surface area contributed by atoms with Crippen LogP contribution in [0.25, 0.3) is 0 Å². The van der Waals surface area contributed by atoms with E-state index in [1.807, 2.05) is 26.0 Å². The average molecular weight is 555 g/mol. The summed E-state index contributed by atoms with van der Waals surface area (Å²) >= 11 is 0. The second-order valence-corrected chi connectivity index (χ2v) is 12.3. The maximum absolute atomic E-state index is 13.7. The number of aromatic hydroxyl groups is 1. The molecule has 4 rings (SSSR count). The van der Waals surface area contributed by atoms with E-state index < -0.39 is 17.6 Å². The molecule has 0 bridgehead atoms. The molecule has 3 N–H and O–H groups in total. The number of ether oxygens (including phenoxy) is 1. The second kappa shape index (κ2) is 12.3. The van der Waals surface area contributed by atoms with Crippen molar-refractivity contribution in [2.45, 2.75) is 90.2 Å². The number of rotatable bonds is 9. The van der Waals surface area contributed by atoms with Crippen LogP contribution >= 0.6 is 0 Å². The Morgan fingerprint density at radius 3 is 2.45 bits per heavy atom. The molecule has 1 saturated heterocycles. The molecule has 2 fully saturated rings. The van der Waals surface area contributed by atoms with Gasteiger partial charge in [0, 0.05) is 37.7 Å². The molecule has 3 amide bonds. The molecule has 10 heteroatoms. The van der Waals surface area contributed by atoms with Crippen molar-refractivity contribution >= 4 is 17.9 Å². The molecular formula is C30H42N4O6. The fraction of sp³-hybridized carbons (Fsp3) is 0.600. The predicted molar refractivity (Wildman–Crippen MR) is 149 cm³/mol. The molecule has 218 valence electrons. The lowest BCUT2D eigenvalue weighted by Gasteiger charge is -2.34. The van der Waals surface area contributed by atoms with Gasteiger partial charge in [-0.25, -0.2) is 4.79 Å². The highest BCUT2D eigenvalue weighted by atomic mass is 16.6. The first kappa shape index (κ1) is 29.4. The molecule has 0 spiro atoms. The van der Waals surface area contributed by atoms with Gasteiger partial charge in [-0.2, -0.15) is 0 Å². The van der Waals surface area contributed by atoms with Crippen LogP contribution in [0, 0.1) is 5.92 Å². The molecule has 2 aromatic rings. The van der Waals surface area contributed by atoms with Crippen LogP contribution < -0.4 is 10.6 Å². The second-order valence-electron chi connectivity index (χ2n) is 12.3. The molecular weight excluding hydrogens is 512 g/mol. The van der Waals surface area contributed by atoms with Gasteiger partial charge >= 0.3 is 6.09 Å². The number of benzene rings is 1. The van der Waals surface area contributed by atoms with E-state index in [1.165, 1.54) is 0 Å². The lowest BCUT2D eigenvalue weighted by molar-refractivity contribution is -0.136. The molecule has 40 heavy (non-hydrogen) atoms. The zero-order valence-corrected chi connectivity index (χ0v) is 24.2. The van der Waals surface area contributed by atoms with Gasteiger partial charge in [0.25, 0.3) is 5.91 Å². The minimum atomic E-state index is -0.648. The number of hydrogen-bond acceptors (Lipinski definition) is 7. The van der Waals surface area contributed by atoms with E-state index in [-0.39, 0.29) is 36.1 Å². The Kier molecular flexibility index (Phi) is 9.05. The molecule has 1 atom stereocenters. The fourth-order valence-corrected chi connectivity index (χ4v) is 4.96. The van der Waals surface area contributed by atoms with Crippen molar-refractivity contribution < 1.29 is 28.8 Å². The van der Waals surface area contributed by atoms with Gasteiger partial charge in [-0.1, -0.05) is 31.1 Å². The summed E-state index contributed by atoms with van der Waals surface area (Å²) in [5.41, 5.74) is 1.37. The highest BCUT2D eigenvalue weighted by Crippen LogP contribution is 2.40. The van der Waals surface area contributed by atoms with E-state index in [4.69, 9.17) is 9.26 Å². The van der Waals surface area contributed by atoms with E-state index in [9.17, 15) is 19.5 Å². The summed E-state index contributed by atoms with van der Waals surface area (Å²) in [5.74, 6) is 0.677. The molecule has 1 aliphatic carbocycles. The number of nitrogens with one attached hydrogen (secondary N) is 2. The van der Waals surface area contributed by atoms with Crippen molar-refractivity contribution in [2.75, 3.05) is 19.6 Å². The molecule has 1 aromatic heterocycles. The maximum atomic E-state index is 13.7. The largest absolute Gasteiger partial charge is 0.508 e. The number of piperidine rings is 1. The Balaban J connectivity index is 1.37. The lowest BCUT2D eigenvalue weighted by atomic mass is 9.92. The van der Waals surface area contributed by atoms with E-state index in [2.05, 4.69) is 15.8 Å². The number of likely N-dealkylation sites (tertiary alicyclic amines) is 1. The molecule has 1 aliphatic heterocycles. The average Bonchev–Trinajstić information content (AvgIpc) is 3.62. The van der Waals surface area contributed by atoms with Crippen molar-refractivity contribution in [1.29, 1.82) is 0 Å². The van der Waals surface area contributed by atoms with Gasteiger partial charge in [0.05, 0.1) is 5.92 Å². The number of phenolic OH excluding ortho intramolecular Hbond substituents is 1. The number of nitrogens with zero attached hydrogens (tertiary/aromatic N) is 2. The summed E-state index contributed by atoms with van der Waals surface area (Å²) in [4.78, 5) is 40.5. The number of alkyl carbamates (subject to hydrolysis) is 1. The van der Waals surface area contributed by atoms with Crippen LogP contribution in [0.4, 0.5) is 4.79 Å². The number of phenols is 1. The van der Waals surface area contributed by atoms with Gasteiger partial charge in [-0.3, -0.25) is 9.59 Å². The van der Waals surface area contributed by atoms with Crippen LogP contribution in [-0.4, -0.2) is 64.3 Å². The smallest absolute Gasteiger partial charge is 0.407 e. The monoisotopic (exact) mass is 554 g/mol. The Morgan fingerprint density at radius 1 is 1.12 bits per heavy atom. The first-order valence-electron chi connectivity index (χ1n) is 14.2. The van der Waals surface area contributed by atoms with Crippen LogP contribution in [0.1, 0.15) is 99.5 Å². The van der Waals surface area contributed by atoms with E-state index in [1.54, 1.807) is 37.8 Å². The van der Waals surface area contributed by atoms with Gasteiger partial charge in [0.2, 0.25) is 5.91 Å². The quantitative estimate of drug-likeness (QED) is 0.416. The Bertz CT molecular complexity index is 1210. The first-order chi connectivity index (χ1) is 18.9. The molecule has 1 saturated carbocycles. The summed E-state index contributed by atoms with van der Waals surface area (Å²) in [6, 6.07) is 7.05. The predicted octanol–water partition coefficient (Wildman–Crippen LogP) is 4.49. The van der Waals surface area contributed by atoms with Crippen molar-refractivity contribution in [3.05, 3.63) is 46.8 Å². The van der Waals surface area contributed by atoms with Crippen LogP contribution in [0.2, 0.25) is 0 Å². The SMILES string of the molecule is CC(C)c1cc(C[C@@H](CNC(=O)OC(C)(C)C)C(=O)N2CCC(NC(=O)c3cc(C4CC4)on3)CC2)ccc1O. The van der Waals surface area contributed by atoms with Crippen molar-refractivity contribution in [3.63, 3.8) is 0 Å². The summed E-state index contributed by atoms with van der Waals surface area (Å²) in [6.45, 7) is 10.5. The van der Waals surface area contributed by atoms with Crippen LogP contribution in [0.5, 0.6) is 5.75 Å². The summed E-state index contributed by atoms with van der Waals surface area (Å²) in [5, 5.41) is 19.9. The molecule has 2 aliphatic rings. The van der Waals surface area contributed by atoms with Crippen molar-refractivity contribution in [1.82, 2.24) is 20.7 Å². The molecule has 0 radical (unpaired) electrons. The number of amides is 3. The fourth-order valence-electron chi connectivity index (χ4n) is 4.96. The summed E-state index contributed by atoms with van der Waals surface area (Å²) in [6.07, 6.45) is 3.21. The molecule has 0 unspecified atom stereocenters. The van der Waals surface area contributed by atoms with E-state index >= 15 is 0 Å². The third kappa shape index (κ3) is 7.99. The lowest BCUT2D eigenvalue weighted by Crippen LogP contribution is -2.50. The Morgan fingerprint density at radius 2 is 1.82 bits per heavy atom. The van der Waals surface area contributed by atoms with Crippen LogP contribution in [0.3, 0.4) is 0 Å². The van der Waals surface area contributed by atoms with Crippen LogP contribution in [0.15, 0.2) is 28.8 Å². The molecule has 10 nitrogen and oxygen atoms in total. The van der Waals surface area contributed by atoms with Gasteiger partial charge < -0.3 is 29.9 Å². The van der Waals surface area contributed by atoms with Gasteiger partial charge in [-0.15, -0.1) is 0 Å². The standard InChI is InChI=1S/C30H42N4O6/c1-18(2)23-15-19(6-9-25(23)35)14-21(17-31-29(38)39-30(3,4)5)28(37)34-12-10-22(11-13-34)32-27(36)24-16-26(40-33-24)20-7-8-20/h6,9,15-16,18,20-22,35H,7-8,10-14,17H2,1-5H3,(H,31,38)(H,32,36)/t21-/m0/s1. The number of carbonyl (C=O) groups excluding carboxylic acids is 3. The third-order valence-corrected chi connectivity index (χ3v) is 7.32. The Labute approximate surface area is 235 Å². The number of aromatic nitrogens is 1. The summed E-state index contributed by atoms with van der Waals surface area (Å²) < 4.78 is 10.7.